The summed E-state index contributed by atoms with van der Waals surface area (Å²) >= 11 is 6.15. The van der Waals surface area contributed by atoms with Crippen LogP contribution in [-0.2, 0) is 26.2 Å². The quantitative estimate of drug-likeness (QED) is 0.358. The highest BCUT2D eigenvalue weighted by Crippen LogP contribution is 2.26. The summed E-state index contributed by atoms with van der Waals surface area (Å²) in [5.74, 6) is -1.16. The van der Waals surface area contributed by atoms with Gasteiger partial charge in [-0.05, 0) is 93.9 Å². The number of hydrogen-bond donors (Lipinski definition) is 1. The van der Waals surface area contributed by atoms with Crippen molar-refractivity contribution < 1.29 is 27.1 Å². The summed E-state index contributed by atoms with van der Waals surface area (Å²) in [7, 11) is -2.83. The highest BCUT2D eigenvalue weighted by molar-refractivity contribution is 7.92. The number of methoxy groups -OCH3 is 1. The lowest BCUT2D eigenvalue weighted by atomic mass is 10.1. The van der Waals surface area contributed by atoms with E-state index in [2.05, 4.69) is 5.32 Å². The Kier molecular flexibility index (Phi) is 9.81. The predicted octanol–water partition coefficient (Wildman–Crippen LogP) is 5.02. The van der Waals surface area contributed by atoms with E-state index >= 15 is 0 Å². The zero-order valence-electron chi connectivity index (χ0n) is 23.0. The van der Waals surface area contributed by atoms with Gasteiger partial charge in [0.15, 0.2) is 0 Å². The average molecular weight is 590 g/mol. The number of nitrogens with one attached hydrogen (secondary N) is 1. The van der Waals surface area contributed by atoms with Crippen LogP contribution in [0.3, 0.4) is 0 Å². The number of benzene rings is 3. The van der Waals surface area contributed by atoms with Crippen molar-refractivity contribution in [3.63, 3.8) is 0 Å². The van der Waals surface area contributed by atoms with E-state index in [-0.39, 0.29) is 17.1 Å². The van der Waals surface area contributed by atoms with Crippen molar-refractivity contribution in [2.24, 2.45) is 0 Å². The van der Waals surface area contributed by atoms with Crippen LogP contribution in [0.2, 0.25) is 5.02 Å². The summed E-state index contributed by atoms with van der Waals surface area (Å²) in [5, 5.41) is 3.32. The Hall–Kier alpha value is -3.63. The Morgan fingerprint density at radius 2 is 1.65 bits per heavy atom. The minimum atomic E-state index is -4.29. The van der Waals surface area contributed by atoms with Crippen LogP contribution in [0.5, 0.6) is 5.75 Å². The molecule has 0 fully saturated rings. The molecule has 40 heavy (non-hydrogen) atoms. The maximum absolute atomic E-state index is 13.9. The van der Waals surface area contributed by atoms with Crippen LogP contribution in [0.1, 0.15) is 33.3 Å². The fourth-order valence-corrected chi connectivity index (χ4v) is 5.53. The van der Waals surface area contributed by atoms with Gasteiger partial charge in [0.25, 0.3) is 10.0 Å². The van der Waals surface area contributed by atoms with Gasteiger partial charge in [0.2, 0.25) is 11.8 Å². The van der Waals surface area contributed by atoms with E-state index in [1.807, 2.05) is 20.8 Å². The summed E-state index contributed by atoms with van der Waals surface area (Å²) < 4.78 is 47.3. The molecule has 2 amide bonds. The lowest BCUT2D eigenvalue weighted by Gasteiger charge is -2.33. The van der Waals surface area contributed by atoms with Crippen LogP contribution < -0.4 is 14.4 Å². The molecular formula is C29H33ClFN3O5S. The van der Waals surface area contributed by atoms with E-state index in [1.54, 1.807) is 31.2 Å². The summed E-state index contributed by atoms with van der Waals surface area (Å²) in [6.07, 6.45) is 0. The molecule has 3 aromatic carbocycles. The highest BCUT2D eigenvalue weighted by atomic mass is 35.5. The second-order valence-electron chi connectivity index (χ2n) is 10.2. The Morgan fingerprint density at radius 3 is 2.20 bits per heavy atom. The molecule has 0 heterocycles. The molecule has 0 radical (unpaired) electrons. The molecular weight excluding hydrogens is 557 g/mol. The lowest BCUT2D eigenvalue weighted by Crippen LogP contribution is -2.54. The van der Waals surface area contributed by atoms with Crippen LogP contribution in [0, 0.1) is 5.82 Å². The number of halogens is 2. The van der Waals surface area contributed by atoms with E-state index in [0.717, 1.165) is 16.4 Å². The van der Waals surface area contributed by atoms with E-state index in [4.69, 9.17) is 16.3 Å². The van der Waals surface area contributed by atoms with Gasteiger partial charge in [-0.15, -0.1) is 0 Å². The second-order valence-corrected chi connectivity index (χ2v) is 12.5. The number of carbonyl (C=O) groups excluding carboxylic acids is 2. The van der Waals surface area contributed by atoms with E-state index in [9.17, 15) is 22.4 Å². The first-order valence-electron chi connectivity index (χ1n) is 12.5. The SMILES string of the molecule is COc1ccc(S(=O)(=O)N(CC(=O)N(Cc2cccc(Cl)c2)[C@@H](C)C(=O)NC(C)(C)C)c2ccc(F)cc2)cc1. The van der Waals surface area contributed by atoms with Gasteiger partial charge in [-0.25, -0.2) is 12.8 Å². The van der Waals surface area contributed by atoms with Gasteiger partial charge >= 0.3 is 0 Å². The van der Waals surface area contributed by atoms with Crippen LogP contribution in [-0.4, -0.2) is 50.4 Å². The van der Waals surface area contributed by atoms with Crippen LogP contribution >= 0.6 is 11.6 Å². The fraction of sp³-hybridized carbons (Fsp3) is 0.310. The molecule has 3 aromatic rings. The Bertz CT molecular complexity index is 1440. The number of hydrogen-bond acceptors (Lipinski definition) is 5. The maximum atomic E-state index is 13.9. The van der Waals surface area contributed by atoms with Gasteiger partial charge < -0.3 is 15.0 Å². The van der Waals surface area contributed by atoms with Crippen LogP contribution in [0.4, 0.5) is 10.1 Å². The summed E-state index contributed by atoms with van der Waals surface area (Å²) in [6, 6.07) is 16.4. The summed E-state index contributed by atoms with van der Waals surface area (Å²) in [6.45, 7) is 6.38. The molecule has 0 bridgehead atoms. The van der Waals surface area contributed by atoms with Gasteiger partial charge in [0, 0.05) is 17.1 Å². The summed E-state index contributed by atoms with van der Waals surface area (Å²) in [5.41, 5.74) is 0.177. The lowest BCUT2D eigenvalue weighted by molar-refractivity contribution is -0.140. The van der Waals surface area contributed by atoms with Gasteiger partial charge in [-0.2, -0.15) is 0 Å². The zero-order chi connectivity index (χ0) is 29.7. The molecule has 214 valence electrons. The van der Waals surface area contributed by atoms with Crippen molar-refractivity contribution in [3.8, 4) is 5.75 Å². The van der Waals surface area contributed by atoms with E-state index < -0.39 is 45.8 Å². The molecule has 11 heteroatoms. The molecule has 0 saturated heterocycles. The van der Waals surface area contributed by atoms with Gasteiger partial charge in [0.1, 0.15) is 24.2 Å². The van der Waals surface area contributed by atoms with Crippen molar-refractivity contribution in [2.75, 3.05) is 18.0 Å². The monoisotopic (exact) mass is 589 g/mol. The minimum Gasteiger partial charge on any atom is -0.497 e. The maximum Gasteiger partial charge on any atom is 0.264 e. The molecule has 0 aliphatic heterocycles. The molecule has 0 aliphatic carbocycles. The van der Waals surface area contributed by atoms with Crippen LogP contribution in [0.25, 0.3) is 0 Å². The van der Waals surface area contributed by atoms with E-state index in [1.165, 1.54) is 48.4 Å². The first kappa shape index (κ1) is 30.9. The molecule has 0 saturated carbocycles. The predicted molar refractivity (Wildman–Crippen MR) is 153 cm³/mol. The number of anilines is 1. The van der Waals surface area contributed by atoms with Crippen molar-refractivity contribution >= 4 is 39.1 Å². The third-order valence-electron chi connectivity index (χ3n) is 5.95. The molecule has 3 rings (SSSR count). The summed E-state index contributed by atoms with van der Waals surface area (Å²) in [4.78, 5) is 28.2. The normalized spacial score (nSPS) is 12.4. The fourth-order valence-electron chi connectivity index (χ4n) is 3.90. The number of sulfonamides is 1. The number of carbonyl (C=O) groups is 2. The van der Waals surface area contributed by atoms with E-state index in [0.29, 0.717) is 16.3 Å². The molecule has 0 spiro atoms. The molecule has 0 aliphatic rings. The number of nitrogens with zero attached hydrogens (tertiary/aromatic N) is 2. The minimum absolute atomic E-state index is 0.00202. The Morgan fingerprint density at radius 1 is 1.02 bits per heavy atom. The average Bonchev–Trinajstić information content (AvgIpc) is 2.89. The second kappa shape index (κ2) is 12.7. The largest absolute Gasteiger partial charge is 0.497 e. The van der Waals surface area contributed by atoms with Crippen molar-refractivity contribution in [3.05, 3.63) is 89.2 Å². The third kappa shape index (κ3) is 7.95. The standard InChI is InChI=1S/C29H33ClFN3O5S/c1-20(28(36)32-29(2,3)4)33(18-21-7-6-8-22(30)17-21)27(35)19-34(24-11-9-23(31)10-12-24)40(37,38)26-15-13-25(39-5)14-16-26/h6-17,20H,18-19H2,1-5H3,(H,32,36)/t20-/m0/s1. The van der Waals surface area contributed by atoms with Crippen molar-refractivity contribution in [1.82, 2.24) is 10.2 Å². The van der Waals surface area contributed by atoms with Crippen LogP contribution in [0.15, 0.2) is 77.7 Å². The highest BCUT2D eigenvalue weighted by Gasteiger charge is 2.33. The third-order valence-corrected chi connectivity index (χ3v) is 7.97. The number of rotatable bonds is 10. The van der Waals surface area contributed by atoms with Crippen molar-refractivity contribution in [2.45, 2.75) is 50.7 Å². The van der Waals surface area contributed by atoms with Gasteiger partial charge in [-0.3, -0.25) is 13.9 Å². The van der Waals surface area contributed by atoms with Gasteiger partial charge in [-0.1, -0.05) is 23.7 Å². The first-order valence-corrected chi connectivity index (χ1v) is 14.3. The molecule has 0 unspecified atom stereocenters. The Balaban J connectivity index is 2.03. The molecule has 8 nitrogen and oxygen atoms in total. The molecule has 1 N–H and O–H groups in total. The Labute approximate surface area is 239 Å². The number of amides is 2. The zero-order valence-corrected chi connectivity index (χ0v) is 24.6. The first-order chi connectivity index (χ1) is 18.7. The molecule has 0 aromatic heterocycles. The topological polar surface area (TPSA) is 96.0 Å². The smallest absolute Gasteiger partial charge is 0.264 e. The van der Waals surface area contributed by atoms with Gasteiger partial charge in [0.05, 0.1) is 17.7 Å². The number of ether oxygens (including phenoxy) is 1. The van der Waals surface area contributed by atoms with Crippen molar-refractivity contribution in [1.29, 1.82) is 0 Å². The molecule has 1 atom stereocenters.